The summed E-state index contributed by atoms with van der Waals surface area (Å²) in [5.74, 6) is 1.34. The maximum absolute atomic E-state index is 11.7. The van der Waals surface area contributed by atoms with Gasteiger partial charge in [0.1, 0.15) is 5.82 Å². The first kappa shape index (κ1) is 19.7. The van der Waals surface area contributed by atoms with E-state index in [4.69, 9.17) is 0 Å². The number of likely N-dealkylation sites (tertiary alicyclic amines) is 2. The molecule has 1 spiro atoms. The van der Waals surface area contributed by atoms with Crippen LogP contribution in [0.1, 0.15) is 64.3 Å². The van der Waals surface area contributed by atoms with Crippen molar-refractivity contribution in [2.45, 2.75) is 71.0 Å². The van der Waals surface area contributed by atoms with E-state index in [1.54, 1.807) is 13.8 Å². The Morgan fingerprint density at radius 2 is 1.85 bits per heavy atom. The summed E-state index contributed by atoms with van der Waals surface area (Å²) in [5, 5.41) is 3.09. The van der Waals surface area contributed by atoms with Gasteiger partial charge in [0.15, 0.2) is 0 Å². The van der Waals surface area contributed by atoms with E-state index in [1.807, 2.05) is 17.3 Å². The Morgan fingerprint density at radius 3 is 2.37 bits per heavy atom. The van der Waals surface area contributed by atoms with Gasteiger partial charge in [-0.2, -0.15) is 0 Å². The second-order valence-corrected chi connectivity index (χ2v) is 8.32. The molecular formula is C20H31N5O2. The van der Waals surface area contributed by atoms with Crippen LogP contribution in [-0.2, 0) is 16.1 Å². The van der Waals surface area contributed by atoms with Crippen molar-refractivity contribution in [1.29, 1.82) is 0 Å². The van der Waals surface area contributed by atoms with Crippen LogP contribution in [0.4, 0.5) is 0 Å². The van der Waals surface area contributed by atoms with Crippen LogP contribution in [0.3, 0.4) is 0 Å². The number of amides is 2. The van der Waals surface area contributed by atoms with Crippen LogP contribution >= 0.6 is 0 Å². The highest BCUT2D eigenvalue weighted by Gasteiger charge is 2.47. The highest BCUT2D eigenvalue weighted by Crippen LogP contribution is 2.39. The van der Waals surface area contributed by atoms with Crippen molar-refractivity contribution in [3.63, 3.8) is 0 Å². The summed E-state index contributed by atoms with van der Waals surface area (Å²) >= 11 is 0. The van der Waals surface area contributed by atoms with E-state index in [-0.39, 0.29) is 23.4 Å². The Balaban J connectivity index is 1.75. The zero-order valence-corrected chi connectivity index (χ0v) is 16.9. The molecule has 0 radical (unpaired) electrons. The van der Waals surface area contributed by atoms with Gasteiger partial charge in [0, 0.05) is 75.5 Å². The molecule has 7 nitrogen and oxygen atoms in total. The second-order valence-electron chi connectivity index (χ2n) is 8.32. The van der Waals surface area contributed by atoms with Gasteiger partial charge in [-0.25, -0.2) is 9.97 Å². The van der Waals surface area contributed by atoms with E-state index < -0.39 is 0 Å². The first-order valence-corrected chi connectivity index (χ1v) is 9.87. The van der Waals surface area contributed by atoms with Crippen molar-refractivity contribution >= 4 is 11.8 Å². The topological polar surface area (TPSA) is 78.4 Å². The third-order valence-corrected chi connectivity index (χ3v) is 5.90. The lowest BCUT2D eigenvalue weighted by Crippen LogP contribution is -2.52. The summed E-state index contributed by atoms with van der Waals surface area (Å²) in [4.78, 5) is 36.7. The predicted molar refractivity (Wildman–Crippen MR) is 103 cm³/mol. The van der Waals surface area contributed by atoms with Gasteiger partial charge >= 0.3 is 0 Å². The zero-order chi connectivity index (χ0) is 19.6. The minimum absolute atomic E-state index is 0.0165. The summed E-state index contributed by atoms with van der Waals surface area (Å²) < 4.78 is 0. The fourth-order valence-corrected chi connectivity index (χ4v) is 4.45. The molecule has 1 atom stereocenters. The van der Waals surface area contributed by atoms with Gasteiger partial charge in [-0.3, -0.25) is 14.5 Å². The first-order chi connectivity index (χ1) is 12.8. The predicted octanol–water partition coefficient (Wildman–Crippen LogP) is 1.69. The molecule has 148 valence electrons. The number of nitrogens with one attached hydrogen (secondary N) is 1. The molecule has 0 aromatic carbocycles. The summed E-state index contributed by atoms with van der Waals surface area (Å²) in [6, 6.07) is 0.155. The van der Waals surface area contributed by atoms with Crippen LogP contribution in [-0.4, -0.2) is 62.8 Å². The quantitative estimate of drug-likeness (QED) is 0.869. The minimum atomic E-state index is 0.0165. The summed E-state index contributed by atoms with van der Waals surface area (Å²) in [7, 11) is 0. The molecule has 3 rings (SSSR count). The number of piperidine rings is 1. The van der Waals surface area contributed by atoms with Gasteiger partial charge in [-0.1, -0.05) is 13.8 Å². The average Bonchev–Trinajstić information content (AvgIpc) is 2.91. The van der Waals surface area contributed by atoms with Crippen LogP contribution in [0, 0.1) is 0 Å². The zero-order valence-electron chi connectivity index (χ0n) is 16.9. The smallest absolute Gasteiger partial charge is 0.219 e. The molecule has 7 heteroatoms. The summed E-state index contributed by atoms with van der Waals surface area (Å²) in [5.41, 5.74) is 1.12. The number of carbonyl (C=O) groups excluding carboxylic acids is 2. The molecule has 2 fully saturated rings. The lowest BCUT2D eigenvalue weighted by atomic mass is 9.84. The lowest BCUT2D eigenvalue weighted by Gasteiger charge is -2.44. The largest absolute Gasteiger partial charge is 0.352 e. The van der Waals surface area contributed by atoms with Crippen molar-refractivity contribution in [3.05, 3.63) is 23.8 Å². The molecular weight excluding hydrogens is 342 g/mol. The Hall–Kier alpha value is -2.02. The van der Waals surface area contributed by atoms with Gasteiger partial charge in [-0.15, -0.1) is 0 Å². The Kier molecular flexibility index (Phi) is 5.79. The van der Waals surface area contributed by atoms with Crippen LogP contribution in [0.15, 0.2) is 12.4 Å². The third kappa shape index (κ3) is 4.46. The van der Waals surface area contributed by atoms with Gasteiger partial charge in [-0.05, 0) is 19.3 Å². The molecule has 1 aromatic heterocycles. The van der Waals surface area contributed by atoms with E-state index in [1.165, 1.54) is 0 Å². The van der Waals surface area contributed by atoms with Gasteiger partial charge in [0.2, 0.25) is 11.8 Å². The van der Waals surface area contributed by atoms with Crippen LogP contribution < -0.4 is 5.32 Å². The number of hydrogen-bond acceptors (Lipinski definition) is 5. The molecule has 0 unspecified atom stereocenters. The minimum Gasteiger partial charge on any atom is -0.352 e. The standard InChI is InChI=1S/C20H31N5O2/c1-14(2)19-21-10-17(11-22-19)12-25-13-18(23-15(3)26)9-20(25)5-7-24(8-6-20)16(4)27/h10-11,14,18H,5-9,12-13H2,1-4H3,(H,23,26)/t18-/m1/s1. The van der Waals surface area contributed by atoms with Crippen LogP contribution in [0.2, 0.25) is 0 Å². The maximum Gasteiger partial charge on any atom is 0.219 e. The highest BCUT2D eigenvalue weighted by atomic mass is 16.2. The molecule has 2 aliphatic heterocycles. The van der Waals surface area contributed by atoms with Crippen molar-refractivity contribution < 1.29 is 9.59 Å². The second kappa shape index (κ2) is 7.92. The van der Waals surface area contributed by atoms with E-state index >= 15 is 0 Å². The molecule has 2 aliphatic rings. The third-order valence-electron chi connectivity index (χ3n) is 5.90. The highest BCUT2D eigenvalue weighted by molar-refractivity contribution is 5.73. The van der Waals surface area contributed by atoms with Gasteiger partial charge in [0.25, 0.3) is 0 Å². The molecule has 27 heavy (non-hydrogen) atoms. The first-order valence-electron chi connectivity index (χ1n) is 9.87. The van der Waals surface area contributed by atoms with Gasteiger partial charge in [0.05, 0.1) is 0 Å². The Labute approximate surface area is 161 Å². The number of rotatable bonds is 4. The molecule has 1 aromatic rings. The monoisotopic (exact) mass is 373 g/mol. The number of aromatic nitrogens is 2. The number of carbonyl (C=O) groups is 2. The average molecular weight is 374 g/mol. The SMILES string of the molecule is CC(=O)N[C@H]1CN(Cc2cnc(C(C)C)nc2)C2(CCN(C(C)=O)CC2)C1. The Morgan fingerprint density at radius 1 is 1.22 bits per heavy atom. The van der Waals surface area contributed by atoms with E-state index in [0.29, 0.717) is 5.92 Å². The lowest BCUT2D eigenvalue weighted by molar-refractivity contribution is -0.131. The number of nitrogens with zero attached hydrogens (tertiary/aromatic N) is 4. The van der Waals surface area contributed by atoms with E-state index in [0.717, 1.165) is 56.8 Å². The van der Waals surface area contributed by atoms with Gasteiger partial charge < -0.3 is 10.2 Å². The molecule has 0 saturated carbocycles. The fourth-order valence-electron chi connectivity index (χ4n) is 4.45. The van der Waals surface area contributed by atoms with Crippen molar-refractivity contribution in [1.82, 2.24) is 25.1 Å². The fraction of sp³-hybridized carbons (Fsp3) is 0.700. The van der Waals surface area contributed by atoms with Crippen molar-refractivity contribution in [2.75, 3.05) is 19.6 Å². The van der Waals surface area contributed by atoms with E-state index in [9.17, 15) is 9.59 Å². The van der Waals surface area contributed by atoms with Crippen molar-refractivity contribution in [3.8, 4) is 0 Å². The maximum atomic E-state index is 11.7. The molecule has 2 amide bonds. The van der Waals surface area contributed by atoms with Crippen molar-refractivity contribution in [2.24, 2.45) is 0 Å². The summed E-state index contributed by atoms with van der Waals surface area (Å²) in [6.07, 6.45) is 6.66. The molecule has 0 bridgehead atoms. The summed E-state index contributed by atoms with van der Waals surface area (Å²) in [6.45, 7) is 10.5. The van der Waals surface area contributed by atoms with Crippen LogP contribution in [0.25, 0.3) is 0 Å². The molecule has 0 aliphatic carbocycles. The molecule has 1 N–H and O–H groups in total. The van der Waals surface area contributed by atoms with Crippen LogP contribution in [0.5, 0.6) is 0 Å². The Bertz CT molecular complexity index is 680. The normalized spacial score (nSPS) is 22.4. The molecule has 3 heterocycles. The molecule has 2 saturated heterocycles. The van der Waals surface area contributed by atoms with E-state index in [2.05, 4.69) is 34.0 Å². The number of hydrogen-bond donors (Lipinski definition) is 1.